The lowest BCUT2D eigenvalue weighted by atomic mass is 10.0. The van der Waals surface area contributed by atoms with E-state index in [1.807, 2.05) is 44.6 Å². The van der Waals surface area contributed by atoms with Crippen molar-refractivity contribution in [2.75, 3.05) is 5.73 Å². The number of rotatable bonds is 2. The Hall–Kier alpha value is -2.08. The molecule has 102 valence electrons. The Bertz CT molecular complexity index is 772. The van der Waals surface area contributed by atoms with E-state index in [2.05, 4.69) is 26.1 Å². The van der Waals surface area contributed by atoms with Crippen LogP contribution >= 0.6 is 15.9 Å². The van der Waals surface area contributed by atoms with Gasteiger partial charge in [0.2, 0.25) is 0 Å². The molecule has 0 fully saturated rings. The summed E-state index contributed by atoms with van der Waals surface area (Å²) >= 11 is 3.57. The number of nitrogen functional groups attached to an aromatic ring is 1. The maximum atomic E-state index is 6.20. The molecule has 0 aliphatic heterocycles. The molecule has 0 saturated carbocycles. The molecule has 6 heteroatoms. The second kappa shape index (κ2) is 4.79. The number of nitrogens with zero attached hydrogens (tertiary/aromatic N) is 4. The SMILES string of the molecule is Cn1cc(-c2nn(C)c(N)c2-c2ccccc2Br)cn1. The topological polar surface area (TPSA) is 61.7 Å². The molecule has 3 aromatic rings. The van der Waals surface area contributed by atoms with Gasteiger partial charge in [0.15, 0.2) is 0 Å². The zero-order valence-corrected chi connectivity index (χ0v) is 12.8. The first kappa shape index (κ1) is 12.9. The van der Waals surface area contributed by atoms with Gasteiger partial charge in [0.05, 0.1) is 11.8 Å². The summed E-state index contributed by atoms with van der Waals surface area (Å²) in [7, 11) is 3.73. The van der Waals surface area contributed by atoms with Crippen molar-refractivity contribution < 1.29 is 0 Å². The van der Waals surface area contributed by atoms with E-state index in [1.165, 1.54) is 0 Å². The molecule has 2 aromatic heterocycles. The Morgan fingerprint density at radius 2 is 1.95 bits per heavy atom. The van der Waals surface area contributed by atoms with Crippen LogP contribution in [0.4, 0.5) is 5.82 Å². The van der Waals surface area contributed by atoms with Crippen molar-refractivity contribution in [2.24, 2.45) is 14.1 Å². The number of hydrogen-bond acceptors (Lipinski definition) is 3. The van der Waals surface area contributed by atoms with Crippen LogP contribution in [-0.2, 0) is 14.1 Å². The van der Waals surface area contributed by atoms with Crippen LogP contribution in [0.5, 0.6) is 0 Å². The Labute approximate surface area is 125 Å². The number of benzene rings is 1. The minimum absolute atomic E-state index is 0.635. The third kappa shape index (κ3) is 2.02. The average molecular weight is 332 g/mol. The van der Waals surface area contributed by atoms with Crippen LogP contribution in [0.25, 0.3) is 22.4 Å². The van der Waals surface area contributed by atoms with Gasteiger partial charge in [-0.2, -0.15) is 10.2 Å². The van der Waals surface area contributed by atoms with Crippen molar-refractivity contribution in [2.45, 2.75) is 0 Å². The van der Waals surface area contributed by atoms with Gasteiger partial charge in [0, 0.05) is 35.9 Å². The third-order valence-electron chi connectivity index (χ3n) is 3.21. The van der Waals surface area contributed by atoms with Crippen LogP contribution in [0.3, 0.4) is 0 Å². The summed E-state index contributed by atoms with van der Waals surface area (Å²) in [5.41, 5.74) is 9.94. The van der Waals surface area contributed by atoms with Crippen molar-refractivity contribution in [3.05, 3.63) is 41.1 Å². The van der Waals surface area contributed by atoms with Crippen molar-refractivity contribution in [3.63, 3.8) is 0 Å². The van der Waals surface area contributed by atoms with E-state index in [0.29, 0.717) is 5.82 Å². The summed E-state index contributed by atoms with van der Waals surface area (Å²) in [6.45, 7) is 0. The second-order valence-electron chi connectivity index (χ2n) is 4.61. The number of anilines is 1. The summed E-state index contributed by atoms with van der Waals surface area (Å²) in [5.74, 6) is 0.635. The monoisotopic (exact) mass is 331 g/mol. The van der Waals surface area contributed by atoms with Crippen molar-refractivity contribution in [1.82, 2.24) is 19.6 Å². The van der Waals surface area contributed by atoms with Gasteiger partial charge in [-0.25, -0.2) is 0 Å². The lowest BCUT2D eigenvalue weighted by Crippen LogP contribution is -1.98. The first-order valence-electron chi connectivity index (χ1n) is 6.14. The molecule has 0 amide bonds. The van der Waals surface area contributed by atoms with E-state index >= 15 is 0 Å². The number of nitrogens with two attached hydrogens (primary N) is 1. The van der Waals surface area contributed by atoms with Gasteiger partial charge in [-0.05, 0) is 6.07 Å². The fraction of sp³-hybridized carbons (Fsp3) is 0.143. The van der Waals surface area contributed by atoms with E-state index in [9.17, 15) is 0 Å². The molecule has 3 rings (SSSR count). The predicted octanol–water partition coefficient (Wildman–Crippen LogP) is 2.83. The molecule has 0 spiro atoms. The van der Waals surface area contributed by atoms with E-state index in [1.54, 1.807) is 15.6 Å². The Kier molecular flexibility index (Phi) is 3.10. The zero-order chi connectivity index (χ0) is 14.3. The lowest BCUT2D eigenvalue weighted by molar-refractivity contribution is 0.767. The molecule has 0 radical (unpaired) electrons. The molecular formula is C14H14BrN5. The molecule has 0 saturated heterocycles. The maximum Gasteiger partial charge on any atom is 0.129 e. The third-order valence-corrected chi connectivity index (χ3v) is 3.90. The highest BCUT2D eigenvalue weighted by atomic mass is 79.9. The predicted molar refractivity (Wildman–Crippen MR) is 83.0 cm³/mol. The molecule has 20 heavy (non-hydrogen) atoms. The minimum atomic E-state index is 0.635. The van der Waals surface area contributed by atoms with Gasteiger partial charge in [-0.15, -0.1) is 0 Å². The lowest BCUT2D eigenvalue weighted by Gasteiger charge is -2.05. The highest BCUT2D eigenvalue weighted by molar-refractivity contribution is 9.10. The van der Waals surface area contributed by atoms with E-state index in [-0.39, 0.29) is 0 Å². The first-order chi connectivity index (χ1) is 9.58. The van der Waals surface area contributed by atoms with Crippen LogP contribution < -0.4 is 5.73 Å². The Balaban J connectivity index is 2.28. The molecule has 0 aliphatic rings. The summed E-state index contributed by atoms with van der Waals surface area (Å²) in [6.07, 6.45) is 3.73. The number of aryl methyl sites for hydroxylation is 2. The van der Waals surface area contributed by atoms with Crippen LogP contribution in [0.1, 0.15) is 0 Å². The number of hydrogen-bond donors (Lipinski definition) is 1. The fourth-order valence-corrected chi connectivity index (χ4v) is 2.70. The summed E-state index contributed by atoms with van der Waals surface area (Å²) in [4.78, 5) is 0. The fourth-order valence-electron chi connectivity index (χ4n) is 2.21. The summed E-state index contributed by atoms with van der Waals surface area (Å²) in [5, 5.41) is 8.73. The van der Waals surface area contributed by atoms with Crippen LogP contribution in [-0.4, -0.2) is 19.6 Å². The van der Waals surface area contributed by atoms with Crippen molar-refractivity contribution >= 4 is 21.7 Å². The quantitative estimate of drug-likeness (QED) is 0.785. The molecule has 0 atom stereocenters. The summed E-state index contributed by atoms with van der Waals surface area (Å²) in [6, 6.07) is 7.98. The van der Waals surface area contributed by atoms with Gasteiger partial charge in [0.1, 0.15) is 11.5 Å². The standard InChI is InChI=1S/C14H14BrN5/c1-19-8-9(7-17-19)13-12(14(16)20(2)18-13)10-5-3-4-6-11(10)15/h3-8H,16H2,1-2H3. The molecule has 5 nitrogen and oxygen atoms in total. The van der Waals surface area contributed by atoms with Crippen LogP contribution in [0.2, 0.25) is 0 Å². The molecule has 2 heterocycles. The van der Waals surface area contributed by atoms with Gasteiger partial charge in [-0.1, -0.05) is 34.1 Å². The van der Waals surface area contributed by atoms with Crippen molar-refractivity contribution in [3.8, 4) is 22.4 Å². The van der Waals surface area contributed by atoms with Crippen LogP contribution in [0, 0.1) is 0 Å². The first-order valence-corrected chi connectivity index (χ1v) is 6.93. The Morgan fingerprint density at radius 1 is 1.20 bits per heavy atom. The molecule has 1 aromatic carbocycles. The highest BCUT2D eigenvalue weighted by Crippen LogP contribution is 2.39. The van der Waals surface area contributed by atoms with Gasteiger partial charge in [0.25, 0.3) is 0 Å². The molecule has 0 bridgehead atoms. The minimum Gasteiger partial charge on any atom is -0.383 e. The normalized spacial score (nSPS) is 10.9. The number of halogens is 1. The van der Waals surface area contributed by atoms with E-state index in [0.717, 1.165) is 26.9 Å². The second-order valence-corrected chi connectivity index (χ2v) is 5.47. The molecule has 0 aliphatic carbocycles. The molecule has 0 unspecified atom stereocenters. The maximum absolute atomic E-state index is 6.20. The molecule has 2 N–H and O–H groups in total. The number of aromatic nitrogens is 4. The molecular weight excluding hydrogens is 318 g/mol. The highest BCUT2D eigenvalue weighted by Gasteiger charge is 2.19. The zero-order valence-electron chi connectivity index (χ0n) is 11.2. The van der Waals surface area contributed by atoms with Gasteiger partial charge >= 0.3 is 0 Å². The van der Waals surface area contributed by atoms with Crippen molar-refractivity contribution in [1.29, 1.82) is 0 Å². The Morgan fingerprint density at radius 3 is 2.60 bits per heavy atom. The van der Waals surface area contributed by atoms with E-state index < -0.39 is 0 Å². The van der Waals surface area contributed by atoms with Gasteiger partial charge < -0.3 is 5.73 Å². The summed E-state index contributed by atoms with van der Waals surface area (Å²) < 4.78 is 4.44. The van der Waals surface area contributed by atoms with Crippen LogP contribution in [0.15, 0.2) is 41.1 Å². The van der Waals surface area contributed by atoms with Gasteiger partial charge in [-0.3, -0.25) is 9.36 Å². The average Bonchev–Trinajstić information content (AvgIpc) is 2.96. The smallest absolute Gasteiger partial charge is 0.129 e. The van der Waals surface area contributed by atoms with E-state index in [4.69, 9.17) is 5.73 Å². The largest absolute Gasteiger partial charge is 0.383 e.